The van der Waals surface area contributed by atoms with E-state index in [2.05, 4.69) is 97.1 Å². The van der Waals surface area contributed by atoms with Gasteiger partial charge in [0.15, 0.2) is 7.98 Å². The summed E-state index contributed by atoms with van der Waals surface area (Å²) in [6, 6.07) is 30.7. The van der Waals surface area contributed by atoms with Crippen molar-refractivity contribution >= 4 is 63.0 Å². The van der Waals surface area contributed by atoms with Crippen molar-refractivity contribution in [3.8, 4) is 22.3 Å². The summed E-state index contributed by atoms with van der Waals surface area (Å²) in [6.45, 7) is 26.3. The maximum atomic E-state index is 13.3. The molecule has 0 N–H and O–H groups in total. The number of halogens is 8. The molecule has 314 valence electrons. The zero-order valence-corrected chi connectivity index (χ0v) is 41.9. The third-order valence-electron chi connectivity index (χ3n) is 9.72. The number of rotatable bonds is 4. The van der Waals surface area contributed by atoms with Gasteiger partial charge in [0.25, 0.3) is 0 Å². The van der Waals surface area contributed by atoms with Crippen molar-refractivity contribution in [2.24, 2.45) is 0 Å². The standard InChI is InChI=1S/2C20H18F3.C6H18BNSi2.2ClH.Zr/c2*1-19(2,3)14-11-13-7-6-9-15(17(13)12-14)16-8-4-5-10-18(16)20(21,22)23;1-9(2,3)8(7)10(4,5)6;;;/h2*4-12H,1-3H3;1-6H3;2*1H;/q2*-1;;;;+4/p-2. The molecule has 0 amide bonds. The van der Waals surface area contributed by atoms with Crippen LogP contribution < -0.4 is 0 Å². The van der Waals surface area contributed by atoms with Gasteiger partial charge in [0.2, 0.25) is 0 Å². The summed E-state index contributed by atoms with van der Waals surface area (Å²) >= 11 is -0.826. The number of fused-ring (bicyclic) bond motifs is 2. The summed E-state index contributed by atoms with van der Waals surface area (Å²) in [7, 11) is 13.4. The first kappa shape index (κ1) is 51.0. The molecule has 1 nitrogen and oxygen atoms in total. The molecule has 0 saturated carbocycles. The van der Waals surface area contributed by atoms with Gasteiger partial charge < -0.3 is 4.14 Å². The van der Waals surface area contributed by atoms with Gasteiger partial charge in [-0.25, -0.2) is 0 Å². The molecule has 0 atom stereocenters. The van der Waals surface area contributed by atoms with E-state index in [0.717, 1.165) is 44.8 Å². The molecule has 0 spiro atoms. The Morgan fingerprint density at radius 2 is 0.797 bits per heavy atom. The summed E-state index contributed by atoms with van der Waals surface area (Å²) < 4.78 is 82.1. The molecule has 0 saturated heterocycles. The Hall–Kier alpha value is -2.40. The minimum absolute atomic E-state index is 0.0418. The van der Waals surface area contributed by atoms with E-state index in [-0.39, 0.29) is 22.0 Å². The Bertz CT molecular complexity index is 2130. The van der Waals surface area contributed by atoms with E-state index in [1.165, 1.54) is 12.1 Å². The number of alkyl halides is 6. The third kappa shape index (κ3) is 13.8. The summed E-state index contributed by atoms with van der Waals surface area (Å²) in [6.07, 6.45) is -8.73. The van der Waals surface area contributed by atoms with Crippen LogP contribution in [0.1, 0.15) is 63.8 Å². The molecule has 6 aromatic rings. The van der Waals surface area contributed by atoms with Gasteiger partial charge in [0.05, 0.1) is 11.1 Å². The zero-order valence-electron chi connectivity index (χ0n) is 35.9. The van der Waals surface area contributed by atoms with Crippen LogP contribution in [-0.4, -0.2) is 28.6 Å². The maximum absolute atomic E-state index is 13.3. The molecular weight excluding hydrogens is 910 g/mol. The topological polar surface area (TPSA) is 3.24 Å². The van der Waals surface area contributed by atoms with Crippen molar-refractivity contribution in [2.75, 3.05) is 0 Å². The average molecular weight is 964 g/mol. The molecule has 0 aliphatic carbocycles. The van der Waals surface area contributed by atoms with Gasteiger partial charge in [0, 0.05) is 0 Å². The molecule has 0 bridgehead atoms. The first-order valence-electron chi connectivity index (χ1n) is 19.2. The van der Waals surface area contributed by atoms with Gasteiger partial charge in [-0.05, 0) is 34.1 Å². The summed E-state index contributed by atoms with van der Waals surface area (Å²) in [5, 5.41) is 3.69. The van der Waals surface area contributed by atoms with E-state index in [1.54, 1.807) is 36.4 Å². The molecule has 6 aromatic carbocycles. The van der Waals surface area contributed by atoms with E-state index in [9.17, 15) is 26.3 Å². The van der Waals surface area contributed by atoms with Crippen molar-refractivity contribution in [2.45, 2.75) is 104 Å². The van der Waals surface area contributed by atoms with Gasteiger partial charge in [-0.3, -0.25) is 0 Å². The summed E-state index contributed by atoms with van der Waals surface area (Å²) in [5.74, 6) is 0. The predicted molar refractivity (Wildman–Crippen MR) is 243 cm³/mol. The third-order valence-corrected chi connectivity index (χ3v) is 16.6. The normalized spacial score (nSPS) is 12.6. The fourth-order valence-electron chi connectivity index (χ4n) is 6.74. The second kappa shape index (κ2) is 19.8. The Kier molecular flexibility index (Phi) is 17.1. The summed E-state index contributed by atoms with van der Waals surface area (Å²) in [5.41, 5.74) is 2.72. The zero-order chi connectivity index (χ0) is 44.9. The molecule has 0 aromatic heterocycles. The molecule has 0 fully saturated rings. The Labute approximate surface area is 369 Å². The van der Waals surface area contributed by atoms with Crippen LogP contribution >= 0.6 is 17.0 Å². The van der Waals surface area contributed by atoms with Crippen molar-refractivity contribution in [3.05, 3.63) is 131 Å². The minimum atomic E-state index is -4.36. The first-order chi connectivity index (χ1) is 26.9. The molecular formula is C46H54BCl2F6NSi2Zr. The molecule has 0 heterocycles. The van der Waals surface area contributed by atoms with Gasteiger partial charge in [-0.2, -0.15) is 38.5 Å². The second-order valence-electron chi connectivity index (χ2n) is 18.5. The van der Waals surface area contributed by atoms with Crippen molar-refractivity contribution in [1.29, 1.82) is 0 Å². The fraction of sp³-hybridized carbons (Fsp3) is 0.348. The van der Waals surface area contributed by atoms with Gasteiger partial charge >= 0.3 is 50.2 Å². The van der Waals surface area contributed by atoms with E-state index < -0.39 is 60.8 Å². The number of hydrogen-bond donors (Lipinski definition) is 0. The van der Waals surface area contributed by atoms with Crippen molar-refractivity contribution in [3.63, 3.8) is 0 Å². The van der Waals surface area contributed by atoms with E-state index in [1.807, 2.05) is 36.4 Å². The van der Waals surface area contributed by atoms with Crippen LogP contribution in [0, 0.1) is 0 Å². The first-order valence-corrected chi connectivity index (χ1v) is 32.4. The van der Waals surface area contributed by atoms with E-state index in [4.69, 9.17) is 25.0 Å². The SMILES string of the molecule is CC(C)(C)c1cc2c(-c3ccccc3C(F)(F)F)cccc2[cH-]1.CC(C)(C)c1cc2c(-c3ccccc3C(F)(F)F)cccc2[cH-]1.[B]N([Si](C)(C)C)[Si](C)(C)C.[Cl][Zr+2][Cl]. The molecule has 0 aliphatic rings. The molecule has 0 aliphatic heterocycles. The van der Waals surface area contributed by atoms with Gasteiger partial charge in [-0.1, -0.05) is 140 Å². The summed E-state index contributed by atoms with van der Waals surface area (Å²) in [4.78, 5) is 0. The van der Waals surface area contributed by atoms with Crippen LogP contribution in [-0.2, 0) is 44.0 Å². The fourth-order valence-corrected chi connectivity index (χ4v) is 14.8. The second-order valence-corrected chi connectivity index (χ2v) is 32.3. The number of nitrogens with zero attached hydrogens (tertiary/aromatic N) is 1. The Morgan fingerprint density at radius 3 is 1.05 bits per heavy atom. The van der Waals surface area contributed by atoms with Crippen molar-refractivity contribution < 1.29 is 47.2 Å². The van der Waals surface area contributed by atoms with Crippen LogP contribution in [0.25, 0.3) is 43.8 Å². The van der Waals surface area contributed by atoms with Crippen LogP contribution in [0.2, 0.25) is 39.3 Å². The Balaban J connectivity index is 0.000000245. The van der Waals surface area contributed by atoms with Crippen LogP contribution in [0.15, 0.2) is 109 Å². The number of hydrogen-bond acceptors (Lipinski definition) is 1. The van der Waals surface area contributed by atoms with E-state index in [0.29, 0.717) is 11.1 Å². The van der Waals surface area contributed by atoms with Crippen LogP contribution in [0.4, 0.5) is 26.3 Å². The predicted octanol–water partition coefficient (Wildman–Crippen LogP) is 16.5. The number of benzene rings is 4. The molecule has 0 unspecified atom stereocenters. The molecule has 2 radical (unpaired) electrons. The molecule has 13 heteroatoms. The molecule has 6 rings (SSSR count). The van der Waals surface area contributed by atoms with Gasteiger partial charge in [-0.15, -0.1) is 69.1 Å². The van der Waals surface area contributed by atoms with Gasteiger partial charge in [0.1, 0.15) is 16.5 Å². The quantitative estimate of drug-likeness (QED) is 0.0967. The van der Waals surface area contributed by atoms with Crippen LogP contribution in [0.5, 0.6) is 0 Å². The molecule has 59 heavy (non-hydrogen) atoms. The monoisotopic (exact) mass is 961 g/mol. The Morgan fingerprint density at radius 1 is 0.508 bits per heavy atom. The average Bonchev–Trinajstić information content (AvgIpc) is 3.77. The van der Waals surface area contributed by atoms with Crippen molar-refractivity contribution in [1.82, 2.24) is 4.14 Å². The van der Waals surface area contributed by atoms with Crippen LogP contribution in [0.3, 0.4) is 0 Å². The van der Waals surface area contributed by atoms with E-state index >= 15 is 0 Å².